The minimum absolute atomic E-state index is 0. The Morgan fingerprint density at radius 3 is 2.26 bits per heavy atom. The number of rotatable bonds is 9. The van der Waals surface area contributed by atoms with E-state index in [1.54, 1.807) is 27.0 Å². The van der Waals surface area contributed by atoms with E-state index in [-0.39, 0.29) is 36.9 Å². The molecule has 1 N–H and O–H groups in total. The van der Waals surface area contributed by atoms with Crippen LogP contribution in [0.1, 0.15) is 149 Å². The summed E-state index contributed by atoms with van der Waals surface area (Å²) in [5.41, 5.74) is 8.92. The van der Waals surface area contributed by atoms with Gasteiger partial charge < -0.3 is 14.2 Å². The second-order valence-corrected chi connectivity index (χ2v) is 19.8. The van der Waals surface area contributed by atoms with Gasteiger partial charge in [-0.2, -0.15) is 5.10 Å². The number of piperazine rings is 1. The molecule has 2 aromatic heterocycles. The highest BCUT2D eigenvalue weighted by atomic mass is 32.2. The zero-order valence-electron chi connectivity index (χ0n) is 34.8. The van der Waals surface area contributed by atoms with Gasteiger partial charge in [-0.25, -0.2) is 13.1 Å². The summed E-state index contributed by atoms with van der Waals surface area (Å²) in [5, 5.41) is 5.61. The largest absolute Gasteiger partial charge is 0.497 e. The molecule has 11 nitrogen and oxygen atoms in total. The SMILES string of the molecule is COc1ccc2c(c1)C=C(c1c(C(=O)N3CC(C)N(C)[C@H](C)C3)c(C(C)C)nn1C1CC1)Cn1c-2c(C2CCCCC2)c2ccc(C(=O)NS(=O)(=O)C(C)C)cc21.[HH]. The van der Waals surface area contributed by atoms with Crippen LogP contribution >= 0.6 is 0 Å². The Labute approximate surface area is 339 Å². The molecule has 12 heteroatoms. The molecule has 0 radical (unpaired) electrons. The fourth-order valence-electron chi connectivity index (χ4n) is 9.32. The summed E-state index contributed by atoms with van der Waals surface area (Å²) < 4.78 is 38.3. The fourth-order valence-corrected chi connectivity index (χ4v) is 9.93. The highest BCUT2D eigenvalue weighted by molar-refractivity contribution is 7.90. The molecular formula is C45H60N6O5S. The Hall–Kier alpha value is -4.42. The van der Waals surface area contributed by atoms with Crippen LogP contribution in [-0.4, -0.2) is 89.0 Å². The van der Waals surface area contributed by atoms with Crippen molar-refractivity contribution in [3.63, 3.8) is 0 Å². The number of methoxy groups -OCH3 is 1. The maximum atomic E-state index is 15.1. The Morgan fingerprint density at radius 1 is 0.930 bits per heavy atom. The fraction of sp³-hybridized carbons (Fsp3) is 0.533. The number of fused-ring (bicyclic) bond motifs is 5. The van der Waals surface area contributed by atoms with Crippen molar-refractivity contribution in [2.24, 2.45) is 0 Å². The number of hydrogen-bond acceptors (Lipinski definition) is 7. The normalized spacial score (nSPS) is 20.7. The van der Waals surface area contributed by atoms with Crippen molar-refractivity contribution in [3.8, 4) is 17.0 Å². The van der Waals surface area contributed by atoms with Crippen molar-refractivity contribution in [1.82, 2.24) is 28.9 Å². The number of nitrogens with one attached hydrogen (secondary N) is 1. The van der Waals surface area contributed by atoms with Crippen molar-refractivity contribution < 1.29 is 24.2 Å². The zero-order chi connectivity index (χ0) is 40.5. The lowest BCUT2D eigenvalue weighted by Gasteiger charge is -2.42. The number of aromatic nitrogens is 3. The number of carbonyl (C=O) groups excluding carboxylic acids is 2. The third-order valence-corrected chi connectivity index (χ3v) is 14.7. The third kappa shape index (κ3) is 7.11. The molecule has 4 aliphatic rings. The molecule has 2 aromatic carbocycles. The number of allylic oxidation sites excluding steroid dienone is 1. The number of benzene rings is 2. The molecule has 4 aromatic rings. The minimum Gasteiger partial charge on any atom is -0.497 e. The van der Waals surface area contributed by atoms with Crippen LogP contribution in [0.15, 0.2) is 36.4 Å². The molecule has 2 aliphatic heterocycles. The van der Waals surface area contributed by atoms with E-state index in [0.29, 0.717) is 31.1 Å². The number of amides is 2. The van der Waals surface area contributed by atoms with Crippen LogP contribution in [-0.2, 0) is 16.6 Å². The maximum Gasteiger partial charge on any atom is 0.264 e. The molecule has 2 atom stereocenters. The van der Waals surface area contributed by atoms with Crippen LogP contribution in [0.2, 0.25) is 0 Å². The van der Waals surface area contributed by atoms with Gasteiger partial charge in [-0.05, 0) is 125 Å². The quantitative estimate of drug-likeness (QED) is 0.181. The van der Waals surface area contributed by atoms with Crippen LogP contribution in [0.3, 0.4) is 0 Å². The van der Waals surface area contributed by atoms with Crippen molar-refractivity contribution in [2.45, 2.75) is 128 Å². The highest BCUT2D eigenvalue weighted by Gasteiger charge is 2.39. The van der Waals surface area contributed by atoms with E-state index in [2.05, 4.69) is 71.8 Å². The Bertz CT molecular complexity index is 2370. The van der Waals surface area contributed by atoms with Crippen molar-refractivity contribution in [2.75, 3.05) is 27.2 Å². The topological polar surface area (TPSA) is 119 Å². The summed E-state index contributed by atoms with van der Waals surface area (Å²) in [6.07, 6.45) is 9.89. The molecule has 0 spiro atoms. The number of sulfonamides is 1. The van der Waals surface area contributed by atoms with Crippen molar-refractivity contribution in [1.29, 1.82) is 0 Å². The van der Waals surface area contributed by atoms with Gasteiger partial charge in [0.05, 0.1) is 47.6 Å². The smallest absolute Gasteiger partial charge is 0.264 e. The van der Waals surface area contributed by atoms with E-state index >= 15 is 4.79 Å². The molecule has 4 heterocycles. The average molecular weight is 797 g/mol. The summed E-state index contributed by atoms with van der Waals surface area (Å²) in [6, 6.07) is 12.5. The molecule has 1 unspecified atom stereocenters. The molecule has 0 bridgehead atoms. The first-order valence-electron chi connectivity index (χ1n) is 20.9. The van der Waals surface area contributed by atoms with Gasteiger partial charge in [0.15, 0.2) is 0 Å². The van der Waals surface area contributed by atoms with Gasteiger partial charge in [-0.3, -0.25) is 19.2 Å². The van der Waals surface area contributed by atoms with Gasteiger partial charge in [0.25, 0.3) is 11.8 Å². The molecule has 2 aliphatic carbocycles. The van der Waals surface area contributed by atoms with Gasteiger partial charge in [-0.1, -0.05) is 39.2 Å². The Morgan fingerprint density at radius 2 is 1.63 bits per heavy atom. The lowest BCUT2D eigenvalue weighted by molar-refractivity contribution is 0.0412. The maximum absolute atomic E-state index is 15.1. The standard InChI is InChI=1S/C45H58N6O5S.H2/c1-26(2)41-40(45(53)49-23-28(5)48(7)29(6)24-49)42(51(46-41)34-15-16-34)33-20-32-21-35(56-8)17-19-36(32)43-39(30-12-10-9-11-13-30)37-18-14-31(22-38(37)50(43)25-33)44(52)47-57(54,55)27(3)4;/h14,17-22,26-30,34H,9-13,15-16,23-25H2,1-8H3,(H,47,52);1H/t28-,29?;/m1./s1. The van der Waals surface area contributed by atoms with Crippen molar-refractivity contribution in [3.05, 3.63) is 70.0 Å². The second-order valence-electron chi connectivity index (χ2n) is 17.6. The monoisotopic (exact) mass is 796 g/mol. The summed E-state index contributed by atoms with van der Waals surface area (Å²) in [5.74, 6) is 0.459. The van der Waals surface area contributed by atoms with E-state index < -0.39 is 21.2 Å². The van der Waals surface area contributed by atoms with Crippen molar-refractivity contribution >= 4 is 44.4 Å². The molecule has 3 fully saturated rings. The van der Waals surface area contributed by atoms with Gasteiger partial charge in [0.2, 0.25) is 10.0 Å². The number of carbonyl (C=O) groups is 2. The summed E-state index contributed by atoms with van der Waals surface area (Å²) >= 11 is 0. The van der Waals surface area contributed by atoms with E-state index in [0.717, 1.165) is 89.0 Å². The van der Waals surface area contributed by atoms with E-state index in [4.69, 9.17) is 9.84 Å². The van der Waals surface area contributed by atoms with Gasteiger partial charge in [-0.15, -0.1) is 0 Å². The molecule has 2 amide bonds. The summed E-state index contributed by atoms with van der Waals surface area (Å²) in [4.78, 5) is 33.2. The number of ether oxygens (including phenoxy) is 1. The average Bonchev–Trinajstić information content (AvgIpc) is 3.91. The van der Waals surface area contributed by atoms with E-state index in [9.17, 15) is 13.2 Å². The van der Waals surface area contributed by atoms with Crippen LogP contribution in [0.4, 0.5) is 0 Å². The van der Waals surface area contributed by atoms with Crippen LogP contribution in [0.25, 0.3) is 33.8 Å². The van der Waals surface area contributed by atoms with Gasteiger partial charge in [0, 0.05) is 48.6 Å². The molecular weight excluding hydrogens is 737 g/mol. The lowest BCUT2D eigenvalue weighted by atomic mass is 9.81. The number of likely N-dealkylation sites (N-methyl/N-ethyl adjacent to an activating group) is 1. The first-order chi connectivity index (χ1) is 27.2. The minimum atomic E-state index is -3.85. The highest BCUT2D eigenvalue weighted by Crippen LogP contribution is 2.49. The summed E-state index contributed by atoms with van der Waals surface area (Å²) in [6.45, 7) is 13.4. The molecule has 57 heavy (non-hydrogen) atoms. The predicted octanol–water partition coefficient (Wildman–Crippen LogP) is 8.45. The van der Waals surface area contributed by atoms with E-state index in [1.165, 1.54) is 12.0 Å². The Kier molecular flexibility index (Phi) is 10.4. The number of nitrogens with zero attached hydrogens (tertiary/aromatic N) is 5. The zero-order valence-corrected chi connectivity index (χ0v) is 35.6. The second kappa shape index (κ2) is 15.1. The molecule has 306 valence electrons. The first kappa shape index (κ1) is 39.4. The van der Waals surface area contributed by atoms with Crippen LogP contribution in [0, 0.1) is 0 Å². The molecule has 2 saturated carbocycles. The lowest BCUT2D eigenvalue weighted by Crippen LogP contribution is -2.56. The first-order valence-corrected chi connectivity index (χ1v) is 22.5. The number of hydrogen-bond donors (Lipinski definition) is 1. The van der Waals surface area contributed by atoms with Crippen LogP contribution in [0.5, 0.6) is 5.75 Å². The molecule has 8 rings (SSSR count). The third-order valence-electron chi connectivity index (χ3n) is 12.9. The Balaban J connectivity index is 0.00000512. The van der Waals surface area contributed by atoms with Crippen LogP contribution < -0.4 is 9.46 Å². The predicted molar refractivity (Wildman–Crippen MR) is 228 cm³/mol. The van der Waals surface area contributed by atoms with Gasteiger partial charge >= 0.3 is 0 Å². The van der Waals surface area contributed by atoms with Gasteiger partial charge in [0.1, 0.15) is 5.75 Å². The summed E-state index contributed by atoms with van der Waals surface area (Å²) in [7, 11) is -0.0261. The molecule has 1 saturated heterocycles. The van der Waals surface area contributed by atoms with E-state index in [1.807, 2.05) is 23.1 Å².